The van der Waals surface area contributed by atoms with Gasteiger partial charge in [-0.2, -0.15) is 0 Å². The maximum atomic E-state index is 4.66. The third kappa shape index (κ3) is 7.76. The summed E-state index contributed by atoms with van der Waals surface area (Å²) in [5, 5.41) is 0. The van der Waals surface area contributed by atoms with E-state index in [1.165, 1.54) is 76.3 Å². The van der Waals surface area contributed by atoms with Gasteiger partial charge in [0.05, 0.1) is 0 Å². The van der Waals surface area contributed by atoms with Crippen molar-refractivity contribution in [1.82, 2.24) is 3.80 Å². The molecule has 2 unspecified atom stereocenters. The maximum absolute atomic E-state index is 4.66. The fraction of sp³-hybridized carbons (Fsp3) is 0.667. The van der Waals surface area contributed by atoms with Crippen molar-refractivity contribution in [3.8, 4) is 0 Å². The Hall–Kier alpha value is -0.0288. The maximum Gasteiger partial charge on any atom is -0.147 e. The molecule has 0 heterocycles. The number of anilines is 1. The summed E-state index contributed by atoms with van der Waals surface area (Å²) in [6, 6.07) is 10.1. The molecule has 2 aliphatic carbocycles. The van der Waals surface area contributed by atoms with E-state index in [9.17, 15) is 0 Å². The van der Waals surface area contributed by atoms with Crippen LogP contribution in [0.25, 0.3) is 0 Å². The van der Waals surface area contributed by atoms with Gasteiger partial charge in [-0.15, -0.1) is 24.8 Å². The number of hydrogen-bond donors (Lipinski definition) is 1. The fourth-order valence-corrected chi connectivity index (χ4v) is 24.0. The first kappa shape index (κ1) is 34.0. The van der Waals surface area contributed by atoms with Crippen LogP contribution < -0.4 is 12.6 Å². The van der Waals surface area contributed by atoms with E-state index in [4.69, 9.17) is 0 Å². The quantitative estimate of drug-likeness (QED) is 0.339. The first-order valence-corrected chi connectivity index (χ1v) is 22.0. The second-order valence-corrected chi connectivity index (χ2v) is 24.7. The molecule has 0 bridgehead atoms. The summed E-state index contributed by atoms with van der Waals surface area (Å²) in [5.74, 6) is 0.599. The molecule has 2 atom stereocenters. The zero-order chi connectivity index (χ0) is 24.7. The Balaban J connectivity index is 0.00000324. The van der Waals surface area contributed by atoms with Crippen molar-refractivity contribution in [2.45, 2.75) is 111 Å². The van der Waals surface area contributed by atoms with E-state index >= 15 is 0 Å². The third-order valence-corrected chi connectivity index (χ3v) is 25.2. The monoisotopic (exact) mass is 588 g/mol. The van der Waals surface area contributed by atoms with E-state index in [0.717, 1.165) is 0 Å². The molecule has 6 heteroatoms. The van der Waals surface area contributed by atoms with Gasteiger partial charge >= 0.3 is 218 Å². The summed E-state index contributed by atoms with van der Waals surface area (Å²) in [6.45, 7) is 12.4. The van der Waals surface area contributed by atoms with Crippen molar-refractivity contribution in [1.29, 1.82) is 0 Å². The number of benzene rings is 1. The van der Waals surface area contributed by atoms with Crippen molar-refractivity contribution in [3.63, 3.8) is 0 Å². The standard InChI is InChI=1S/C12H24N.C9H13.C8H10N.CH5Si.2ClH.Ti/c13-12-10-8-6-4-2-1-3-5-7-9-11-12;1-6-5-7(2)9(4)8(6)3;1-9(2)8-6-4-3-5-7-8;1-2;;;/h12-13H,1-11H2;6H,1-4H3;3-6H,1-2H3;2H2,1H3;2*1H;/q-1;;;;;;+1. The first-order chi connectivity index (χ1) is 16.3. The number of halogens is 2. The summed E-state index contributed by atoms with van der Waals surface area (Å²) in [5.41, 5.74) is 6.29. The minimum absolute atomic E-state index is 0. The molecule has 0 spiro atoms. The van der Waals surface area contributed by atoms with Crippen molar-refractivity contribution in [2.75, 3.05) is 19.0 Å². The van der Waals surface area contributed by atoms with Crippen LogP contribution in [0.5, 0.6) is 0 Å². The molecule has 0 aliphatic heterocycles. The van der Waals surface area contributed by atoms with Gasteiger partial charge in [-0.05, 0) is 0 Å². The summed E-state index contributed by atoms with van der Waals surface area (Å²) < 4.78 is 8.24. The Morgan fingerprint density at radius 1 is 0.806 bits per heavy atom. The molecule has 0 aromatic heterocycles. The molecule has 2 nitrogen and oxygen atoms in total. The van der Waals surface area contributed by atoms with Gasteiger partial charge in [0.1, 0.15) is 0 Å². The van der Waals surface area contributed by atoms with E-state index in [2.05, 4.69) is 81.3 Å². The predicted octanol–water partition coefficient (Wildman–Crippen LogP) is 7.95. The molecule has 1 aromatic carbocycles. The van der Waals surface area contributed by atoms with Gasteiger partial charge < -0.3 is 0 Å². The topological polar surface area (TPSA) is 15.3 Å². The Morgan fingerprint density at radius 3 is 1.75 bits per heavy atom. The van der Waals surface area contributed by atoms with Gasteiger partial charge in [0.25, 0.3) is 0 Å². The molecule has 1 fully saturated rings. The Kier molecular flexibility index (Phi) is 15.3. The third-order valence-electron chi connectivity index (χ3n) is 9.03. The number of rotatable bonds is 6. The van der Waals surface area contributed by atoms with Crippen LogP contribution >= 0.6 is 24.8 Å². The van der Waals surface area contributed by atoms with E-state index < -0.39 is 16.1 Å². The van der Waals surface area contributed by atoms with Crippen LogP contribution in [0.2, 0.25) is 6.55 Å². The van der Waals surface area contributed by atoms with Crippen molar-refractivity contribution in [2.24, 2.45) is 5.92 Å². The smallest absolute Gasteiger partial charge is 0.147 e. The van der Waals surface area contributed by atoms with Gasteiger partial charge in [0, 0.05) is 0 Å². The molecule has 36 heavy (non-hydrogen) atoms. The largest absolute Gasteiger partial charge is 0.147 e. The molecule has 2 aliphatic rings. The number of para-hydroxylation sites is 1. The van der Waals surface area contributed by atoms with E-state index in [0.29, 0.717) is 12.0 Å². The minimum Gasteiger partial charge on any atom is -0.147 e. The van der Waals surface area contributed by atoms with Crippen LogP contribution in [0.15, 0.2) is 44.9 Å². The minimum atomic E-state index is -2.73. The molecular formula is C30H54Cl2N2SiTi. The number of allylic oxidation sites excluding steroid dienone is 4. The summed E-state index contributed by atoms with van der Waals surface area (Å²) in [7, 11) is 4.19. The zero-order valence-corrected chi connectivity index (χ0v) is 28.8. The second kappa shape index (κ2) is 16.2. The van der Waals surface area contributed by atoms with E-state index in [1.54, 1.807) is 20.6 Å². The van der Waals surface area contributed by atoms with Crippen LogP contribution in [-0.2, 0) is 16.1 Å². The average molecular weight is 590 g/mol. The molecule has 1 saturated carbocycles. The molecule has 1 aromatic rings. The van der Waals surface area contributed by atoms with Gasteiger partial charge in [-0.3, -0.25) is 0 Å². The Labute approximate surface area is 241 Å². The van der Waals surface area contributed by atoms with E-state index in [-0.39, 0.29) is 32.2 Å². The van der Waals surface area contributed by atoms with Crippen LogP contribution in [0, 0.1) is 5.92 Å². The van der Waals surface area contributed by atoms with Crippen LogP contribution in [0.4, 0.5) is 5.69 Å². The zero-order valence-electron chi connectivity index (χ0n) is 24.2. The van der Waals surface area contributed by atoms with Crippen LogP contribution in [0.1, 0.15) is 98.3 Å². The van der Waals surface area contributed by atoms with Crippen molar-refractivity contribution < 1.29 is 16.1 Å². The normalized spacial score (nSPS) is 22.5. The van der Waals surface area contributed by atoms with Crippen molar-refractivity contribution >= 4 is 41.8 Å². The summed E-state index contributed by atoms with van der Waals surface area (Å²) in [4.78, 5) is 2.38. The predicted molar refractivity (Wildman–Crippen MR) is 167 cm³/mol. The number of nitrogens with zero attached hydrogens (tertiary/aromatic N) is 1. The molecule has 206 valence electrons. The van der Waals surface area contributed by atoms with Gasteiger partial charge in [0.15, 0.2) is 0 Å². The van der Waals surface area contributed by atoms with Gasteiger partial charge in [0.2, 0.25) is 0 Å². The average Bonchev–Trinajstić information content (AvgIpc) is 3.02. The van der Waals surface area contributed by atoms with Crippen LogP contribution in [0.3, 0.4) is 0 Å². The first-order valence-electron chi connectivity index (χ1n) is 14.3. The molecule has 1 N–H and O–H groups in total. The second-order valence-electron chi connectivity index (χ2n) is 11.3. The van der Waals surface area contributed by atoms with E-state index in [1.807, 2.05) is 3.88 Å². The Morgan fingerprint density at radius 2 is 1.31 bits per heavy atom. The molecule has 0 saturated heterocycles. The summed E-state index contributed by atoms with van der Waals surface area (Å²) in [6.07, 6.45) is 15.6. The fourth-order valence-electron chi connectivity index (χ4n) is 6.72. The summed E-state index contributed by atoms with van der Waals surface area (Å²) >= 11 is -2.73. The van der Waals surface area contributed by atoms with Gasteiger partial charge in [-0.25, -0.2) is 0 Å². The number of hydrogen-bond acceptors (Lipinski definition) is 2. The number of nitrogens with one attached hydrogen (secondary N) is 1. The molecular weight excluding hydrogens is 535 g/mol. The Bertz CT molecular complexity index is 873. The van der Waals surface area contributed by atoms with Crippen LogP contribution in [-0.4, -0.2) is 27.5 Å². The van der Waals surface area contributed by atoms with Crippen molar-refractivity contribution in [3.05, 3.63) is 44.9 Å². The molecule has 0 radical (unpaired) electrons. The molecule has 3 rings (SSSR count). The molecule has 0 amide bonds. The van der Waals surface area contributed by atoms with Gasteiger partial charge in [-0.1, -0.05) is 0 Å². The SMILES string of the molecule is C[SiH2][Ti]([NH]C1CCCCCCCCCCC1)([C]1=C(C)C(C)=C(C)C1C)[c]1ccccc1N(C)C.Cl.Cl.